The smallest absolute Gasteiger partial charge is 0.142 e. The highest BCUT2D eigenvalue weighted by Crippen LogP contribution is 2.29. The van der Waals surface area contributed by atoms with Crippen LogP contribution in [0.15, 0.2) is 72.9 Å². The molecule has 4 nitrogen and oxygen atoms in total. The van der Waals surface area contributed by atoms with E-state index in [1.165, 1.54) is 33.3 Å². The topological polar surface area (TPSA) is 29.4 Å². The predicted octanol–water partition coefficient (Wildman–Crippen LogP) is 7.37. The zero-order valence-corrected chi connectivity index (χ0v) is 22.1. The number of nitrogens with zero attached hydrogens (tertiary/aromatic N) is 2. The molecule has 182 valence electrons. The molecular formula is C30H41N3O. The number of rotatable bonds is 5. The van der Waals surface area contributed by atoms with Gasteiger partial charge in [0.2, 0.25) is 0 Å². The molecule has 4 heteroatoms. The number of hydrogen-bond acceptors (Lipinski definition) is 3. The van der Waals surface area contributed by atoms with Gasteiger partial charge in [-0.2, -0.15) is 0 Å². The van der Waals surface area contributed by atoms with Crippen molar-refractivity contribution in [1.29, 1.82) is 0 Å². The Balaban J connectivity index is 0.000000196. The minimum Gasteiger partial charge on any atom is -0.495 e. The van der Waals surface area contributed by atoms with E-state index in [0.717, 1.165) is 24.5 Å². The molecule has 0 aliphatic carbocycles. The number of methoxy groups -OCH3 is 1. The maximum Gasteiger partial charge on any atom is 0.142 e. The molecule has 3 aromatic carbocycles. The van der Waals surface area contributed by atoms with Crippen molar-refractivity contribution in [3.8, 4) is 5.75 Å². The first-order chi connectivity index (χ1) is 16.4. The summed E-state index contributed by atoms with van der Waals surface area (Å²) in [6.45, 7) is 12.8. The van der Waals surface area contributed by atoms with Gasteiger partial charge in [0, 0.05) is 50.1 Å². The van der Waals surface area contributed by atoms with Gasteiger partial charge in [0.15, 0.2) is 0 Å². The number of ether oxygens (including phenoxy) is 1. The monoisotopic (exact) mass is 459 g/mol. The molecular weight excluding hydrogens is 418 g/mol. The zero-order valence-electron chi connectivity index (χ0n) is 22.1. The van der Waals surface area contributed by atoms with E-state index in [1.54, 1.807) is 7.11 Å². The normalized spacial score (nSPS) is 10.0. The summed E-state index contributed by atoms with van der Waals surface area (Å²) in [6, 6.07) is 23.3. The fraction of sp³-hybridized carbons (Fsp3) is 0.333. The van der Waals surface area contributed by atoms with Crippen LogP contribution in [0.4, 0.5) is 11.4 Å². The van der Waals surface area contributed by atoms with Gasteiger partial charge in [-0.3, -0.25) is 0 Å². The van der Waals surface area contributed by atoms with Crippen LogP contribution in [0, 0.1) is 20.8 Å². The van der Waals surface area contributed by atoms with E-state index < -0.39 is 0 Å². The standard InChI is InChI=1S/C15H19N.C9H13NO.C6H9N/c1-4-16(5-2)15-11-10-12(3)13-8-6-7-9-14(13)15;1-7-4-5-8(10-2)9(6-7)11-3;1-6-4-3-5-7(6)2/h6-11H,4-5H2,1-3H3;4-6,10H,1-3H3;3-5H,1-2H3. The molecule has 0 atom stereocenters. The van der Waals surface area contributed by atoms with Crippen LogP contribution in [0.1, 0.15) is 30.7 Å². The van der Waals surface area contributed by atoms with Gasteiger partial charge in [0.25, 0.3) is 0 Å². The average Bonchev–Trinajstić information content (AvgIpc) is 3.24. The first-order valence-electron chi connectivity index (χ1n) is 12.0. The number of benzene rings is 3. The van der Waals surface area contributed by atoms with Crippen LogP contribution < -0.4 is 15.0 Å². The van der Waals surface area contributed by atoms with Gasteiger partial charge in [-0.25, -0.2) is 0 Å². The summed E-state index contributed by atoms with van der Waals surface area (Å²) in [4.78, 5) is 2.40. The Kier molecular flexibility index (Phi) is 10.5. The Labute approximate surface area is 206 Å². The Morgan fingerprint density at radius 1 is 0.853 bits per heavy atom. The van der Waals surface area contributed by atoms with Crippen molar-refractivity contribution in [3.05, 3.63) is 89.7 Å². The Morgan fingerprint density at radius 2 is 1.53 bits per heavy atom. The van der Waals surface area contributed by atoms with Gasteiger partial charge < -0.3 is 19.5 Å². The van der Waals surface area contributed by atoms with E-state index in [-0.39, 0.29) is 0 Å². The molecule has 4 rings (SSSR count). The molecule has 0 fully saturated rings. The molecule has 1 aromatic heterocycles. The van der Waals surface area contributed by atoms with Gasteiger partial charge in [-0.1, -0.05) is 36.4 Å². The molecule has 0 bridgehead atoms. The lowest BCUT2D eigenvalue weighted by Crippen LogP contribution is -2.22. The Bertz CT molecular complexity index is 1140. The maximum atomic E-state index is 5.15. The van der Waals surface area contributed by atoms with Crippen molar-refractivity contribution in [2.75, 3.05) is 37.5 Å². The SMILES string of the molecule is CCN(CC)c1ccc(C)c2ccccc12.CNc1ccc(C)cc1OC.Cc1cccn1C. The van der Waals surface area contributed by atoms with Crippen molar-refractivity contribution in [2.24, 2.45) is 7.05 Å². The molecule has 0 radical (unpaired) electrons. The van der Waals surface area contributed by atoms with E-state index in [2.05, 4.69) is 84.9 Å². The fourth-order valence-electron chi connectivity index (χ4n) is 3.83. The summed E-state index contributed by atoms with van der Waals surface area (Å²) < 4.78 is 7.24. The molecule has 0 saturated heterocycles. The molecule has 0 amide bonds. The average molecular weight is 460 g/mol. The highest BCUT2D eigenvalue weighted by atomic mass is 16.5. The molecule has 0 spiro atoms. The number of hydrogen-bond donors (Lipinski definition) is 1. The minimum absolute atomic E-state index is 0.896. The molecule has 0 aliphatic heterocycles. The summed E-state index contributed by atoms with van der Waals surface area (Å²) in [6.07, 6.45) is 2.04. The van der Waals surface area contributed by atoms with Crippen molar-refractivity contribution in [1.82, 2.24) is 4.57 Å². The molecule has 1 N–H and O–H groups in total. The third-order valence-electron chi connectivity index (χ3n) is 6.05. The van der Waals surface area contributed by atoms with Crippen LogP contribution >= 0.6 is 0 Å². The largest absolute Gasteiger partial charge is 0.495 e. The number of anilines is 2. The summed E-state index contributed by atoms with van der Waals surface area (Å²) in [5.74, 6) is 0.896. The van der Waals surface area contributed by atoms with Gasteiger partial charge >= 0.3 is 0 Å². The summed E-state index contributed by atoms with van der Waals surface area (Å²) in [5, 5.41) is 5.78. The van der Waals surface area contributed by atoms with Gasteiger partial charge in [0.1, 0.15) is 5.75 Å². The van der Waals surface area contributed by atoms with Crippen LogP contribution in [0.3, 0.4) is 0 Å². The quantitative estimate of drug-likeness (QED) is 0.338. The summed E-state index contributed by atoms with van der Waals surface area (Å²) in [7, 11) is 5.60. The summed E-state index contributed by atoms with van der Waals surface area (Å²) in [5.41, 5.74) is 6.25. The molecule has 34 heavy (non-hydrogen) atoms. The zero-order chi connectivity index (χ0) is 25.1. The second-order valence-electron chi connectivity index (χ2n) is 8.33. The van der Waals surface area contributed by atoms with E-state index in [9.17, 15) is 0 Å². The van der Waals surface area contributed by atoms with E-state index in [4.69, 9.17) is 4.74 Å². The van der Waals surface area contributed by atoms with E-state index in [0.29, 0.717) is 0 Å². The Hall–Kier alpha value is -3.40. The second kappa shape index (κ2) is 13.3. The van der Waals surface area contributed by atoms with Crippen molar-refractivity contribution < 1.29 is 4.74 Å². The van der Waals surface area contributed by atoms with Crippen molar-refractivity contribution in [2.45, 2.75) is 34.6 Å². The lowest BCUT2D eigenvalue weighted by molar-refractivity contribution is 0.416. The Morgan fingerprint density at radius 3 is 2.03 bits per heavy atom. The highest BCUT2D eigenvalue weighted by Gasteiger charge is 2.07. The van der Waals surface area contributed by atoms with Gasteiger partial charge in [-0.05, 0) is 81.5 Å². The molecule has 0 saturated carbocycles. The van der Waals surface area contributed by atoms with Crippen LogP contribution in [-0.4, -0.2) is 31.8 Å². The minimum atomic E-state index is 0.896. The van der Waals surface area contributed by atoms with Crippen LogP contribution in [-0.2, 0) is 7.05 Å². The van der Waals surface area contributed by atoms with Crippen molar-refractivity contribution in [3.63, 3.8) is 0 Å². The predicted molar refractivity (Wildman–Crippen MR) is 150 cm³/mol. The van der Waals surface area contributed by atoms with Crippen LogP contribution in [0.2, 0.25) is 0 Å². The molecule has 0 aliphatic rings. The first-order valence-corrected chi connectivity index (χ1v) is 12.0. The van der Waals surface area contributed by atoms with Crippen LogP contribution in [0.25, 0.3) is 10.8 Å². The maximum absolute atomic E-state index is 5.15. The second-order valence-corrected chi connectivity index (χ2v) is 8.33. The lowest BCUT2D eigenvalue weighted by atomic mass is 10.0. The molecule has 4 aromatic rings. The first kappa shape index (κ1) is 26.8. The third-order valence-corrected chi connectivity index (χ3v) is 6.05. The van der Waals surface area contributed by atoms with Crippen molar-refractivity contribution >= 4 is 22.1 Å². The summed E-state index contributed by atoms with van der Waals surface area (Å²) >= 11 is 0. The van der Waals surface area contributed by atoms with Crippen LogP contribution in [0.5, 0.6) is 5.75 Å². The number of fused-ring (bicyclic) bond motifs is 1. The highest BCUT2D eigenvalue weighted by molar-refractivity contribution is 5.96. The van der Waals surface area contributed by atoms with Gasteiger partial charge in [-0.15, -0.1) is 0 Å². The molecule has 1 heterocycles. The molecule has 0 unspecified atom stereocenters. The third kappa shape index (κ3) is 7.05. The number of aryl methyl sites for hydroxylation is 4. The lowest BCUT2D eigenvalue weighted by Gasteiger charge is -2.23. The fourth-order valence-corrected chi connectivity index (χ4v) is 3.83. The van der Waals surface area contributed by atoms with E-state index >= 15 is 0 Å². The van der Waals surface area contributed by atoms with Gasteiger partial charge in [0.05, 0.1) is 12.8 Å². The number of nitrogens with one attached hydrogen (secondary N) is 1. The van der Waals surface area contributed by atoms with E-state index in [1.807, 2.05) is 51.5 Å². The number of aromatic nitrogens is 1.